The van der Waals surface area contributed by atoms with Crippen LogP contribution in [0.1, 0.15) is 24.7 Å². The average molecular weight is 267 g/mol. The largest absolute Gasteiger partial charge is 0.383 e. The van der Waals surface area contributed by atoms with E-state index in [4.69, 9.17) is 5.73 Å². The smallest absolute Gasteiger partial charge is 0.176 e. The van der Waals surface area contributed by atoms with Gasteiger partial charge in [0.25, 0.3) is 0 Å². The fraction of sp³-hybridized carbons (Fsp3) is 0.400. The molecule has 0 aliphatic rings. The fourth-order valence-electron chi connectivity index (χ4n) is 1.38. The molecule has 0 radical (unpaired) electrons. The normalized spacial score (nSPS) is 10.7. The molecule has 0 aromatic carbocycles. The third-order valence-corrected chi connectivity index (χ3v) is 4.02. The van der Waals surface area contributed by atoms with Crippen LogP contribution in [0.15, 0.2) is 15.7 Å². The number of rotatable bonds is 4. The molecule has 7 heteroatoms. The Bertz CT molecular complexity index is 511. The van der Waals surface area contributed by atoms with Crippen molar-refractivity contribution in [3.8, 4) is 0 Å². The standard InChI is InChI=1S/C10H13N5S2/c1-3-4-7-8(11)12-5-13-9(7)16-10-14-6(2)15-17-10/h5H,3-4H2,1-2H3,(H2,11,12,13). The monoisotopic (exact) mass is 267 g/mol. The van der Waals surface area contributed by atoms with Crippen molar-refractivity contribution in [1.82, 2.24) is 19.3 Å². The molecular weight excluding hydrogens is 254 g/mol. The van der Waals surface area contributed by atoms with Gasteiger partial charge in [-0.2, -0.15) is 4.37 Å². The summed E-state index contributed by atoms with van der Waals surface area (Å²) in [6.45, 7) is 3.98. The minimum absolute atomic E-state index is 0.561. The summed E-state index contributed by atoms with van der Waals surface area (Å²) in [5, 5.41) is 0.885. The SMILES string of the molecule is CCCc1c(N)ncnc1Sc1nc(C)ns1. The molecule has 2 aromatic rings. The number of nitrogens with zero attached hydrogens (tertiary/aromatic N) is 4. The van der Waals surface area contributed by atoms with Crippen molar-refractivity contribution >= 4 is 29.1 Å². The second kappa shape index (κ2) is 5.42. The fourth-order valence-corrected chi connectivity index (χ4v) is 3.08. The summed E-state index contributed by atoms with van der Waals surface area (Å²) in [7, 11) is 0. The molecule has 0 atom stereocenters. The van der Waals surface area contributed by atoms with E-state index < -0.39 is 0 Å². The molecule has 2 heterocycles. The van der Waals surface area contributed by atoms with E-state index in [1.54, 1.807) is 0 Å². The van der Waals surface area contributed by atoms with Crippen LogP contribution in [0.25, 0.3) is 0 Å². The average Bonchev–Trinajstić information content (AvgIpc) is 2.69. The van der Waals surface area contributed by atoms with E-state index in [0.29, 0.717) is 5.82 Å². The van der Waals surface area contributed by atoms with Gasteiger partial charge in [0.2, 0.25) is 0 Å². The van der Waals surface area contributed by atoms with Crippen LogP contribution in [0.3, 0.4) is 0 Å². The Balaban J connectivity index is 2.28. The lowest BCUT2D eigenvalue weighted by Crippen LogP contribution is -2.01. The van der Waals surface area contributed by atoms with Crippen LogP contribution >= 0.6 is 23.3 Å². The number of hydrogen-bond donors (Lipinski definition) is 1. The molecule has 2 N–H and O–H groups in total. The topological polar surface area (TPSA) is 77.6 Å². The highest BCUT2D eigenvalue weighted by Crippen LogP contribution is 2.31. The summed E-state index contributed by atoms with van der Waals surface area (Å²) in [5.41, 5.74) is 6.88. The zero-order chi connectivity index (χ0) is 12.3. The second-order valence-electron chi connectivity index (χ2n) is 3.50. The third-order valence-electron chi connectivity index (χ3n) is 2.13. The Hall–Kier alpha value is -1.21. The van der Waals surface area contributed by atoms with Crippen molar-refractivity contribution in [1.29, 1.82) is 0 Å². The highest BCUT2D eigenvalue weighted by atomic mass is 32.2. The molecule has 0 amide bonds. The number of hydrogen-bond acceptors (Lipinski definition) is 7. The van der Waals surface area contributed by atoms with E-state index in [1.165, 1.54) is 29.6 Å². The van der Waals surface area contributed by atoms with Gasteiger partial charge in [-0.3, -0.25) is 0 Å². The number of nitrogens with two attached hydrogens (primary N) is 1. The van der Waals surface area contributed by atoms with E-state index in [-0.39, 0.29) is 0 Å². The number of aromatic nitrogens is 4. The Morgan fingerprint density at radius 1 is 1.41 bits per heavy atom. The lowest BCUT2D eigenvalue weighted by Gasteiger charge is -2.07. The molecule has 90 valence electrons. The minimum Gasteiger partial charge on any atom is -0.383 e. The first-order chi connectivity index (χ1) is 8.20. The van der Waals surface area contributed by atoms with Crippen molar-refractivity contribution in [2.24, 2.45) is 0 Å². The molecule has 0 aliphatic carbocycles. The summed E-state index contributed by atoms with van der Waals surface area (Å²) >= 11 is 2.88. The van der Waals surface area contributed by atoms with Gasteiger partial charge in [-0.05, 0) is 36.6 Å². The van der Waals surface area contributed by atoms with Crippen LogP contribution in [0.2, 0.25) is 0 Å². The zero-order valence-corrected chi connectivity index (χ0v) is 11.3. The summed E-state index contributed by atoms with van der Waals surface area (Å²) < 4.78 is 5.03. The number of anilines is 1. The van der Waals surface area contributed by atoms with Gasteiger partial charge < -0.3 is 5.73 Å². The molecule has 2 rings (SSSR count). The third kappa shape index (κ3) is 2.92. The van der Waals surface area contributed by atoms with Gasteiger partial charge in [0.05, 0.1) is 0 Å². The minimum atomic E-state index is 0.561. The quantitative estimate of drug-likeness (QED) is 0.857. The Kier molecular flexibility index (Phi) is 3.90. The summed E-state index contributed by atoms with van der Waals surface area (Å²) in [5.74, 6) is 1.35. The first kappa shape index (κ1) is 12.3. The molecule has 17 heavy (non-hydrogen) atoms. The number of aryl methyl sites for hydroxylation is 1. The molecule has 0 aliphatic heterocycles. The summed E-state index contributed by atoms with van der Waals surface area (Å²) in [6.07, 6.45) is 3.39. The van der Waals surface area contributed by atoms with Crippen LogP contribution in [-0.2, 0) is 6.42 Å². The van der Waals surface area contributed by atoms with Crippen LogP contribution in [-0.4, -0.2) is 19.3 Å². The maximum atomic E-state index is 5.87. The maximum absolute atomic E-state index is 5.87. The summed E-state index contributed by atoms with van der Waals surface area (Å²) in [6, 6.07) is 0. The molecule has 0 spiro atoms. The van der Waals surface area contributed by atoms with Crippen molar-refractivity contribution in [2.45, 2.75) is 36.1 Å². The molecule has 0 unspecified atom stereocenters. The van der Waals surface area contributed by atoms with Gasteiger partial charge in [-0.25, -0.2) is 15.0 Å². The Morgan fingerprint density at radius 3 is 2.88 bits per heavy atom. The van der Waals surface area contributed by atoms with Crippen LogP contribution in [0.4, 0.5) is 5.82 Å². The van der Waals surface area contributed by atoms with Gasteiger partial charge in [0.15, 0.2) is 4.34 Å². The van der Waals surface area contributed by atoms with E-state index in [1.807, 2.05) is 6.92 Å². The van der Waals surface area contributed by atoms with E-state index in [0.717, 1.165) is 33.6 Å². The lowest BCUT2D eigenvalue weighted by atomic mass is 10.2. The van der Waals surface area contributed by atoms with Crippen molar-refractivity contribution < 1.29 is 0 Å². The number of nitrogen functional groups attached to an aromatic ring is 1. The molecule has 0 bridgehead atoms. The first-order valence-corrected chi connectivity index (χ1v) is 6.87. The second-order valence-corrected chi connectivity index (χ2v) is 5.49. The highest BCUT2D eigenvalue weighted by Gasteiger charge is 2.12. The van der Waals surface area contributed by atoms with Gasteiger partial charge in [-0.1, -0.05) is 13.3 Å². The zero-order valence-electron chi connectivity index (χ0n) is 9.67. The highest BCUT2D eigenvalue weighted by molar-refractivity contribution is 8.00. The molecule has 0 saturated heterocycles. The van der Waals surface area contributed by atoms with Gasteiger partial charge >= 0.3 is 0 Å². The van der Waals surface area contributed by atoms with Crippen molar-refractivity contribution in [3.63, 3.8) is 0 Å². The Labute approximate surface area is 108 Å². The first-order valence-electron chi connectivity index (χ1n) is 5.28. The predicted molar refractivity (Wildman–Crippen MR) is 69.2 cm³/mol. The van der Waals surface area contributed by atoms with Crippen LogP contribution in [0, 0.1) is 6.92 Å². The van der Waals surface area contributed by atoms with Crippen LogP contribution in [0.5, 0.6) is 0 Å². The maximum Gasteiger partial charge on any atom is 0.176 e. The van der Waals surface area contributed by atoms with E-state index >= 15 is 0 Å². The molecule has 5 nitrogen and oxygen atoms in total. The van der Waals surface area contributed by atoms with Gasteiger partial charge in [-0.15, -0.1) is 0 Å². The summed E-state index contributed by atoms with van der Waals surface area (Å²) in [4.78, 5) is 12.6. The van der Waals surface area contributed by atoms with E-state index in [2.05, 4.69) is 26.2 Å². The molecule has 0 saturated carbocycles. The van der Waals surface area contributed by atoms with E-state index in [9.17, 15) is 0 Å². The van der Waals surface area contributed by atoms with Crippen molar-refractivity contribution in [3.05, 3.63) is 17.7 Å². The predicted octanol–water partition coefficient (Wildman–Crippen LogP) is 2.32. The lowest BCUT2D eigenvalue weighted by molar-refractivity contribution is 0.861. The molecule has 0 fully saturated rings. The van der Waals surface area contributed by atoms with Crippen LogP contribution < -0.4 is 5.73 Å². The molecular formula is C10H13N5S2. The Morgan fingerprint density at radius 2 is 2.24 bits per heavy atom. The molecule has 2 aromatic heterocycles. The van der Waals surface area contributed by atoms with Crippen molar-refractivity contribution in [2.75, 3.05) is 5.73 Å². The van der Waals surface area contributed by atoms with Gasteiger partial charge in [0.1, 0.15) is 23.0 Å². The van der Waals surface area contributed by atoms with Gasteiger partial charge in [0, 0.05) is 5.56 Å².